The zero-order valence-electron chi connectivity index (χ0n) is 9.19. The maximum absolute atomic E-state index is 11.9. The number of halogens is 3. The molecule has 1 aliphatic rings. The first kappa shape index (κ1) is 15.3. The van der Waals surface area contributed by atoms with Crippen molar-refractivity contribution in [1.82, 2.24) is 4.90 Å². The Balaban J connectivity index is 0.00000162. The number of para-hydroxylation sites is 1. The molecule has 5 nitrogen and oxygen atoms in total. The van der Waals surface area contributed by atoms with Crippen LogP contribution in [0.15, 0.2) is 32.1 Å². The number of aliphatic imine (C=N–C) groups is 1. The number of urea groups is 1. The van der Waals surface area contributed by atoms with E-state index in [4.69, 9.17) is 5.73 Å². The van der Waals surface area contributed by atoms with Gasteiger partial charge in [0.1, 0.15) is 0 Å². The molecule has 0 spiro atoms. The second-order valence-corrected chi connectivity index (χ2v) is 5.13. The fraction of sp³-hybridized carbons (Fsp3) is 0.200. The van der Waals surface area contributed by atoms with Crippen LogP contribution >= 0.6 is 44.3 Å². The van der Waals surface area contributed by atoms with Crippen LogP contribution in [0.25, 0.3) is 0 Å². The highest BCUT2D eigenvalue weighted by molar-refractivity contribution is 9.11. The summed E-state index contributed by atoms with van der Waals surface area (Å²) in [7, 11) is 0. The van der Waals surface area contributed by atoms with E-state index in [-0.39, 0.29) is 24.4 Å². The first-order valence-electron chi connectivity index (χ1n) is 4.92. The number of carbonyl (C=O) groups excluding carboxylic acids is 1. The van der Waals surface area contributed by atoms with E-state index in [1.54, 1.807) is 0 Å². The highest BCUT2D eigenvalue weighted by atomic mass is 79.9. The summed E-state index contributed by atoms with van der Waals surface area (Å²) in [6.45, 7) is 1.07. The lowest BCUT2D eigenvalue weighted by atomic mass is 10.3. The van der Waals surface area contributed by atoms with Gasteiger partial charge in [0.05, 0.1) is 18.8 Å². The maximum Gasteiger partial charge on any atom is 0.328 e. The van der Waals surface area contributed by atoms with E-state index in [1.807, 2.05) is 18.2 Å². The van der Waals surface area contributed by atoms with E-state index < -0.39 is 0 Å². The topological polar surface area (TPSA) is 70.7 Å². The molecule has 0 aromatic heterocycles. The number of amides is 2. The summed E-state index contributed by atoms with van der Waals surface area (Å²) in [6, 6.07) is 5.29. The minimum atomic E-state index is -0.281. The van der Waals surface area contributed by atoms with Gasteiger partial charge in [-0.25, -0.2) is 4.79 Å². The Morgan fingerprint density at radius 3 is 2.50 bits per heavy atom. The van der Waals surface area contributed by atoms with Gasteiger partial charge in [0, 0.05) is 8.95 Å². The Labute approximate surface area is 127 Å². The number of guanidine groups is 1. The Morgan fingerprint density at radius 1 is 1.39 bits per heavy atom. The van der Waals surface area contributed by atoms with Crippen LogP contribution in [0.2, 0.25) is 0 Å². The van der Waals surface area contributed by atoms with Gasteiger partial charge in [-0.3, -0.25) is 9.89 Å². The van der Waals surface area contributed by atoms with Crippen molar-refractivity contribution >= 4 is 61.9 Å². The van der Waals surface area contributed by atoms with E-state index in [2.05, 4.69) is 42.2 Å². The summed E-state index contributed by atoms with van der Waals surface area (Å²) in [5.74, 6) is 0.255. The number of benzene rings is 1. The average molecular weight is 398 g/mol. The monoisotopic (exact) mass is 396 g/mol. The number of hydrogen-bond acceptors (Lipinski definition) is 3. The summed E-state index contributed by atoms with van der Waals surface area (Å²) in [4.78, 5) is 17.3. The molecule has 0 radical (unpaired) electrons. The molecule has 1 aromatic rings. The molecule has 98 valence electrons. The number of rotatable bonds is 1. The van der Waals surface area contributed by atoms with Crippen molar-refractivity contribution in [3.05, 3.63) is 27.1 Å². The number of carbonyl (C=O) groups is 1. The predicted octanol–water partition coefficient (Wildman–Crippen LogP) is 2.80. The molecule has 0 unspecified atom stereocenters. The summed E-state index contributed by atoms with van der Waals surface area (Å²) < 4.78 is 1.60. The van der Waals surface area contributed by atoms with Gasteiger partial charge < -0.3 is 11.1 Å². The van der Waals surface area contributed by atoms with Crippen LogP contribution < -0.4 is 11.1 Å². The van der Waals surface area contributed by atoms with Crippen LogP contribution in [0.5, 0.6) is 0 Å². The predicted molar refractivity (Wildman–Crippen MR) is 81.3 cm³/mol. The Hall–Kier alpha value is -0.790. The van der Waals surface area contributed by atoms with Crippen molar-refractivity contribution in [2.75, 3.05) is 18.4 Å². The maximum atomic E-state index is 11.9. The van der Waals surface area contributed by atoms with E-state index in [1.165, 1.54) is 4.90 Å². The van der Waals surface area contributed by atoms with Crippen molar-refractivity contribution < 1.29 is 4.79 Å². The molecule has 2 rings (SSSR count). The number of nitrogens with two attached hydrogens (primary N) is 1. The molecule has 0 saturated heterocycles. The lowest BCUT2D eigenvalue weighted by Crippen LogP contribution is -2.41. The van der Waals surface area contributed by atoms with Gasteiger partial charge in [-0.15, -0.1) is 12.4 Å². The molecule has 18 heavy (non-hydrogen) atoms. The van der Waals surface area contributed by atoms with Gasteiger partial charge in [0.25, 0.3) is 0 Å². The second kappa shape index (κ2) is 6.40. The molecule has 2 amide bonds. The molecule has 0 atom stereocenters. The van der Waals surface area contributed by atoms with E-state index in [0.717, 1.165) is 8.95 Å². The minimum absolute atomic E-state index is 0. The van der Waals surface area contributed by atoms with Crippen molar-refractivity contribution in [1.29, 1.82) is 0 Å². The normalized spacial score (nSPS) is 13.9. The molecular formula is C10H11Br2ClN4O. The summed E-state index contributed by atoms with van der Waals surface area (Å²) in [6.07, 6.45) is 0. The van der Waals surface area contributed by atoms with Crippen LogP contribution in [-0.2, 0) is 0 Å². The highest BCUT2D eigenvalue weighted by Gasteiger charge is 2.22. The van der Waals surface area contributed by atoms with Gasteiger partial charge in [0.15, 0.2) is 5.96 Å². The third-order valence-corrected chi connectivity index (χ3v) is 3.64. The fourth-order valence-electron chi connectivity index (χ4n) is 1.46. The highest BCUT2D eigenvalue weighted by Crippen LogP contribution is 2.30. The van der Waals surface area contributed by atoms with Crippen LogP contribution in [-0.4, -0.2) is 30.0 Å². The Kier molecular flexibility index (Phi) is 5.43. The van der Waals surface area contributed by atoms with Crippen LogP contribution in [0.1, 0.15) is 0 Å². The molecule has 1 aromatic carbocycles. The van der Waals surface area contributed by atoms with Crippen molar-refractivity contribution in [3.63, 3.8) is 0 Å². The molecule has 1 heterocycles. The Bertz CT molecular complexity index is 475. The quantitative estimate of drug-likeness (QED) is 0.764. The lowest BCUT2D eigenvalue weighted by molar-refractivity contribution is 0.236. The third kappa shape index (κ3) is 3.15. The van der Waals surface area contributed by atoms with Crippen LogP contribution in [0.3, 0.4) is 0 Å². The van der Waals surface area contributed by atoms with Crippen LogP contribution in [0.4, 0.5) is 10.5 Å². The standard InChI is InChI=1S/C10H10Br2N4O.ClH/c11-6-2-1-3-7(12)8(6)15-10(17)16-5-4-14-9(16)13;/h1-3H,4-5H2,(H2,13,14)(H,15,17);1H. The molecular weight excluding hydrogens is 387 g/mol. The minimum Gasteiger partial charge on any atom is -0.369 e. The van der Waals surface area contributed by atoms with Gasteiger partial charge in [-0.2, -0.15) is 0 Å². The number of nitrogens with one attached hydrogen (secondary N) is 1. The van der Waals surface area contributed by atoms with Gasteiger partial charge in [-0.05, 0) is 44.0 Å². The number of nitrogens with zero attached hydrogens (tertiary/aromatic N) is 2. The SMILES string of the molecule is Cl.NC1=NCCN1C(=O)Nc1c(Br)cccc1Br. The molecule has 0 saturated carbocycles. The lowest BCUT2D eigenvalue weighted by Gasteiger charge is -2.17. The van der Waals surface area contributed by atoms with Crippen LogP contribution in [0, 0.1) is 0 Å². The molecule has 8 heteroatoms. The second-order valence-electron chi connectivity index (χ2n) is 3.42. The van der Waals surface area contributed by atoms with E-state index >= 15 is 0 Å². The molecule has 0 bridgehead atoms. The average Bonchev–Trinajstić information content (AvgIpc) is 2.70. The zero-order valence-corrected chi connectivity index (χ0v) is 13.2. The third-order valence-electron chi connectivity index (χ3n) is 2.31. The van der Waals surface area contributed by atoms with Gasteiger partial charge >= 0.3 is 6.03 Å². The van der Waals surface area contributed by atoms with Crippen molar-refractivity contribution in [2.24, 2.45) is 10.7 Å². The largest absolute Gasteiger partial charge is 0.369 e. The zero-order chi connectivity index (χ0) is 12.4. The number of anilines is 1. The summed E-state index contributed by atoms with van der Waals surface area (Å²) in [5, 5.41) is 2.78. The summed E-state index contributed by atoms with van der Waals surface area (Å²) in [5.41, 5.74) is 6.28. The first-order valence-corrected chi connectivity index (χ1v) is 6.50. The van der Waals surface area contributed by atoms with E-state index in [9.17, 15) is 4.79 Å². The first-order chi connectivity index (χ1) is 8.09. The molecule has 3 N–H and O–H groups in total. The Morgan fingerprint density at radius 2 is 2.00 bits per heavy atom. The molecule has 1 aliphatic heterocycles. The van der Waals surface area contributed by atoms with E-state index in [0.29, 0.717) is 18.8 Å². The smallest absolute Gasteiger partial charge is 0.328 e. The molecule has 0 fully saturated rings. The van der Waals surface area contributed by atoms with Crippen molar-refractivity contribution in [2.45, 2.75) is 0 Å². The molecule has 0 aliphatic carbocycles. The van der Waals surface area contributed by atoms with Gasteiger partial charge in [-0.1, -0.05) is 6.07 Å². The van der Waals surface area contributed by atoms with Gasteiger partial charge in [0.2, 0.25) is 0 Å². The fourth-order valence-corrected chi connectivity index (χ4v) is 2.66. The number of hydrogen-bond donors (Lipinski definition) is 2. The van der Waals surface area contributed by atoms with Crippen molar-refractivity contribution in [3.8, 4) is 0 Å². The summed E-state index contributed by atoms with van der Waals surface area (Å²) >= 11 is 6.75.